The fourth-order valence-electron chi connectivity index (χ4n) is 3.99. The van der Waals surface area contributed by atoms with Gasteiger partial charge in [0.25, 0.3) is 5.91 Å². The Morgan fingerprint density at radius 3 is 2.88 bits per heavy atom. The summed E-state index contributed by atoms with van der Waals surface area (Å²) < 4.78 is 14.0. The van der Waals surface area contributed by atoms with E-state index in [4.69, 9.17) is 0 Å². The molecule has 25 heavy (non-hydrogen) atoms. The van der Waals surface area contributed by atoms with Crippen molar-refractivity contribution in [2.75, 3.05) is 19.7 Å². The number of aryl methyl sites for hydroxylation is 1. The summed E-state index contributed by atoms with van der Waals surface area (Å²) in [6.45, 7) is 4.36. The molecule has 0 unspecified atom stereocenters. The third-order valence-electron chi connectivity index (χ3n) is 5.49. The van der Waals surface area contributed by atoms with Gasteiger partial charge in [0.1, 0.15) is 11.5 Å². The number of piperidine rings is 1. The number of para-hydroxylation sites is 1. The van der Waals surface area contributed by atoms with E-state index in [1.54, 1.807) is 24.0 Å². The van der Waals surface area contributed by atoms with Crippen molar-refractivity contribution in [3.8, 4) is 0 Å². The zero-order valence-electron chi connectivity index (χ0n) is 14.7. The van der Waals surface area contributed by atoms with Crippen molar-refractivity contribution < 1.29 is 19.4 Å². The summed E-state index contributed by atoms with van der Waals surface area (Å²) in [6, 6.07) is 4.78. The average molecular weight is 348 g/mol. The van der Waals surface area contributed by atoms with Gasteiger partial charge in [0.2, 0.25) is 0 Å². The fraction of sp³-hybridized carbons (Fsp3) is 0.526. The molecule has 0 aliphatic carbocycles. The summed E-state index contributed by atoms with van der Waals surface area (Å²) in [5.74, 6) is -0.599. The molecule has 1 aliphatic heterocycles. The number of nitrogens with one attached hydrogen (secondary N) is 1. The van der Waals surface area contributed by atoms with Gasteiger partial charge in [-0.3, -0.25) is 4.79 Å². The Morgan fingerprint density at radius 2 is 2.24 bits per heavy atom. The van der Waals surface area contributed by atoms with Crippen molar-refractivity contribution in [3.05, 3.63) is 35.3 Å². The lowest BCUT2D eigenvalue weighted by Crippen LogP contribution is -2.55. The van der Waals surface area contributed by atoms with Gasteiger partial charge in [0.05, 0.1) is 18.2 Å². The molecule has 6 heteroatoms. The molecule has 3 rings (SSSR count). The first kappa shape index (κ1) is 17.9. The minimum atomic E-state index is -0.687. The molecule has 2 atom stereocenters. The summed E-state index contributed by atoms with van der Waals surface area (Å²) in [4.78, 5) is 17.6. The van der Waals surface area contributed by atoms with Crippen LogP contribution < -0.4 is 0 Å². The van der Waals surface area contributed by atoms with Crippen LogP contribution in [0.4, 0.5) is 4.39 Å². The third-order valence-corrected chi connectivity index (χ3v) is 5.49. The van der Waals surface area contributed by atoms with Crippen LogP contribution in [0.2, 0.25) is 0 Å². The molecule has 1 aromatic carbocycles. The van der Waals surface area contributed by atoms with Gasteiger partial charge < -0.3 is 20.1 Å². The van der Waals surface area contributed by atoms with E-state index in [9.17, 15) is 19.4 Å². The van der Waals surface area contributed by atoms with Crippen molar-refractivity contribution >= 4 is 16.8 Å². The molecule has 1 aliphatic rings. The van der Waals surface area contributed by atoms with Gasteiger partial charge in [-0.15, -0.1) is 0 Å². The Bertz CT molecular complexity index is 788. The lowest BCUT2D eigenvalue weighted by Gasteiger charge is -2.45. The molecule has 0 bridgehead atoms. The summed E-state index contributed by atoms with van der Waals surface area (Å²) in [5.41, 5.74) is 0.742. The molecule has 1 saturated heterocycles. The summed E-state index contributed by atoms with van der Waals surface area (Å²) in [7, 11) is 0. The van der Waals surface area contributed by atoms with Crippen molar-refractivity contribution in [1.29, 1.82) is 0 Å². The Hall–Kier alpha value is -1.92. The number of hydrogen-bond acceptors (Lipinski definition) is 3. The molecule has 3 N–H and O–H groups in total. The third kappa shape index (κ3) is 2.93. The maximum Gasteiger partial charge on any atom is 0.270 e. The quantitative estimate of drug-likeness (QED) is 0.795. The summed E-state index contributed by atoms with van der Waals surface area (Å²) >= 11 is 0. The number of carbonyl (C=O) groups excluding carboxylic acids is 1. The van der Waals surface area contributed by atoms with Crippen LogP contribution in [0.1, 0.15) is 42.2 Å². The normalized spacial score (nSPS) is 24.0. The van der Waals surface area contributed by atoms with Gasteiger partial charge >= 0.3 is 0 Å². The van der Waals surface area contributed by atoms with Crippen molar-refractivity contribution in [2.45, 2.75) is 39.2 Å². The summed E-state index contributed by atoms with van der Waals surface area (Å²) in [5, 5.41) is 20.9. The van der Waals surface area contributed by atoms with Crippen LogP contribution in [-0.4, -0.2) is 51.8 Å². The molecule has 1 fully saturated rings. The lowest BCUT2D eigenvalue weighted by atomic mass is 9.74. The number of aromatic nitrogens is 1. The predicted octanol–water partition coefficient (Wildman–Crippen LogP) is 2.60. The van der Waals surface area contributed by atoms with Gasteiger partial charge in [-0.05, 0) is 31.4 Å². The zero-order chi connectivity index (χ0) is 18.2. The topological polar surface area (TPSA) is 76.6 Å². The highest BCUT2D eigenvalue weighted by Crippen LogP contribution is 2.35. The maximum absolute atomic E-state index is 14.0. The van der Waals surface area contributed by atoms with E-state index in [1.807, 2.05) is 6.92 Å². The highest BCUT2D eigenvalue weighted by Gasteiger charge is 2.43. The smallest absolute Gasteiger partial charge is 0.270 e. The van der Waals surface area contributed by atoms with Crippen LogP contribution in [0.3, 0.4) is 0 Å². The molecule has 1 amide bonds. The second-order valence-electron chi connectivity index (χ2n) is 7.09. The molecule has 2 heterocycles. The van der Waals surface area contributed by atoms with Gasteiger partial charge in [0.15, 0.2) is 0 Å². The van der Waals surface area contributed by atoms with Crippen molar-refractivity contribution in [3.63, 3.8) is 0 Å². The van der Waals surface area contributed by atoms with Crippen LogP contribution in [0.25, 0.3) is 10.9 Å². The van der Waals surface area contributed by atoms with Crippen molar-refractivity contribution in [1.82, 2.24) is 9.88 Å². The Morgan fingerprint density at radius 1 is 1.48 bits per heavy atom. The number of likely N-dealkylation sites (tertiary alicyclic amines) is 1. The standard InChI is InChI=1S/C19H25FN2O3/c1-3-8-19(11-23)10-22(9-7-15(19)24)18(25)16-12(2)13-5-4-6-14(20)17(13)21-16/h4-6,15,21,23-24H,3,7-11H2,1-2H3/t15-,19-/m0/s1. The Balaban J connectivity index is 1.93. The number of benzene rings is 1. The number of fused-ring (bicyclic) bond motifs is 1. The second-order valence-corrected chi connectivity index (χ2v) is 7.09. The Kier molecular flexibility index (Phi) is 4.84. The molecule has 0 radical (unpaired) electrons. The average Bonchev–Trinajstić information content (AvgIpc) is 2.95. The first-order valence-corrected chi connectivity index (χ1v) is 8.78. The molecule has 2 aromatic rings. The number of carbonyl (C=O) groups is 1. The highest BCUT2D eigenvalue weighted by atomic mass is 19.1. The number of hydrogen-bond donors (Lipinski definition) is 3. The van der Waals surface area contributed by atoms with E-state index in [0.29, 0.717) is 42.5 Å². The van der Waals surface area contributed by atoms with Crippen LogP contribution in [0.5, 0.6) is 0 Å². The number of aromatic amines is 1. The first-order chi connectivity index (χ1) is 11.9. The molecule has 136 valence electrons. The van der Waals surface area contributed by atoms with E-state index in [0.717, 1.165) is 12.0 Å². The number of amides is 1. The van der Waals surface area contributed by atoms with E-state index < -0.39 is 11.5 Å². The van der Waals surface area contributed by atoms with E-state index in [1.165, 1.54) is 6.07 Å². The SMILES string of the molecule is CCC[C@@]1(CO)CN(C(=O)c2[nH]c3c(F)cccc3c2C)CC[C@@H]1O. The molecule has 1 aromatic heterocycles. The minimum Gasteiger partial charge on any atom is -0.396 e. The van der Waals surface area contributed by atoms with Crippen LogP contribution in [0, 0.1) is 18.2 Å². The number of H-pyrrole nitrogens is 1. The summed E-state index contributed by atoms with van der Waals surface area (Å²) in [6.07, 6.45) is 1.27. The van der Waals surface area contributed by atoms with Crippen LogP contribution in [-0.2, 0) is 0 Å². The van der Waals surface area contributed by atoms with E-state index in [2.05, 4.69) is 4.98 Å². The van der Waals surface area contributed by atoms with Crippen LogP contribution >= 0.6 is 0 Å². The molecular weight excluding hydrogens is 323 g/mol. The van der Waals surface area contributed by atoms with Gasteiger partial charge in [-0.25, -0.2) is 4.39 Å². The van der Waals surface area contributed by atoms with Crippen LogP contribution in [0.15, 0.2) is 18.2 Å². The minimum absolute atomic E-state index is 0.161. The van der Waals surface area contributed by atoms with Gasteiger partial charge in [0, 0.05) is 23.9 Å². The van der Waals surface area contributed by atoms with E-state index >= 15 is 0 Å². The molecular formula is C19H25FN2O3. The fourth-order valence-corrected chi connectivity index (χ4v) is 3.99. The van der Waals surface area contributed by atoms with E-state index in [-0.39, 0.29) is 18.3 Å². The number of aliphatic hydroxyl groups is 2. The Labute approximate surface area is 146 Å². The highest BCUT2D eigenvalue weighted by molar-refractivity contribution is 6.01. The lowest BCUT2D eigenvalue weighted by molar-refractivity contribution is -0.0721. The molecule has 0 spiro atoms. The van der Waals surface area contributed by atoms with Gasteiger partial charge in [-0.2, -0.15) is 0 Å². The number of nitrogens with zero attached hydrogens (tertiary/aromatic N) is 1. The molecule has 5 nitrogen and oxygen atoms in total. The van der Waals surface area contributed by atoms with Gasteiger partial charge in [-0.1, -0.05) is 25.5 Å². The number of halogens is 1. The van der Waals surface area contributed by atoms with Crippen molar-refractivity contribution in [2.24, 2.45) is 5.41 Å². The number of rotatable bonds is 4. The largest absolute Gasteiger partial charge is 0.396 e. The predicted molar refractivity (Wildman–Crippen MR) is 93.9 cm³/mol. The zero-order valence-corrected chi connectivity index (χ0v) is 14.7. The first-order valence-electron chi connectivity index (χ1n) is 8.78. The molecule has 0 saturated carbocycles. The monoisotopic (exact) mass is 348 g/mol. The second kappa shape index (κ2) is 6.77. The maximum atomic E-state index is 14.0. The number of aliphatic hydroxyl groups excluding tert-OH is 2.